The van der Waals surface area contributed by atoms with Gasteiger partial charge in [0.05, 0.1) is 11.4 Å². The number of aryl methyl sites for hydroxylation is 5. The largest absolute Gasteiger partial charge is 0.508 e. The minimum Gasteiger partial charge on any atom is -0.508 e. The molecule has 0 fully saturated rings. The van der Waals surface area contributed by atoms with E-state index >= 15 is 0 Å². The lowest BCUT2D eigenvalue weighted by atomic mass is 10.0. The summed E-state index contributed by atoms with van der Waals surface area (Å²) in [4.78, 5) is 2.15. The van der Waals surface area contributed by atoms with Gasteiger partial charge in [-0.3, -0.25) is 0 Å². The van der Waals surface area contributed by atoms with Gasteiger partial charge in [0.1, 0.15) is 28.7 Å². The minimum absolute atomic E-state index is 0.153. The van der Waals surface area contributed by atoms with E-state index in [4.69, 9.17) is 4.74 Å². The average molecular weight is 456 g/mol. The van der Waals surface area contributed by atoms with Crippen molar-refractivity contribution in [3.05, 3.63) is 94.5 Å². The number of anilines is 3. The second-order valence-electron chi connectivity index (χ2n) is 8.74. The Bertz CT molecular complexity index is 1260. The van der Waals surface area contributed by atoms with Crippen molar-refractivity contribution in [2.24, 2.45) is 0 Å². The van der Waals surface area contributed by atoms with Crippen LogP contribution in [0.3, 0.4) is 0 Å². The summed E-state index contributed by atoms with van der Waals surface area (Å²) in [6, 6.07) is 19.8. The van der Waals surface area contributed by atoms with Gasteiger partial charge in [-0.05, 0) is 117 Å². The first-order valence-corrected chi connectivity index (χ1v) is 11.1. The smallest absolute Gasteiger partial charge is 0.134 e. The molecular formula is C29H29NO4. The lowest BCUT2D eigenvalue weighted by molar-refractivity contribution is 0.453. The molecule has 0 saturated heterocycles. The standard InChI is InChI=1S/C29H29NO4/c1-17-6-9-23(31)16-27(17)34-26-10-7-22(8-11-26)30(28-18(2)12-24(32)13-19(28)3)29-20(4)14-25(33)15-21(29)5/h6-16,31-33H,1-5H3. The van der Waals surface area contributed by atoms with Gasteiger partial charge in [0.2, 0.25) is 0 Å². The van der Waals surface area contributed by atoms with Crippen molar-refractivity contribution in [2.75, 3.05) is 4.90 Å². The maximum Gasteiger partial charge on any atom is 0.134 e. The monoisotopic (exact) mass is 455 g/mol. The van der Waals surface area contributed by atoms with Gasteiger partial charge in [-0.25, -0.2) is 0 Å². The third kappa shape index (κ3) is 4.50. The fraction of sp³-hybridized carbons (Fsp3) is 0.172. The molecule has 0 spiro atoms. The predicted molar refractivity (Wildman–Crippen MR) is 136 cm³/mol. The van der Waals surface area contributed by atoms with E-state index in [9.17, 15) is 15.3 Å². The summed E-state index contributed by atoms with van der Waals surface area (Å²) in [6.07, 6.45) is 0. The van der Waals surface area contributed by atoms with Crippen LogP contribution < -0.4 is 9.64 Å². The lowest BCUT2D eigenvalue weighted by Crippen LogP contribution is -2.15. The second kappa shape index (κ2) is 9.02. The van der Waals surface area contributed by atoms with Gasteiger partial charge in [-0.15, -0.1) is 0 Å². The first-order chi connectivity index (χ1) is 16.1. The molecule has 5 heteroatoms. The zero-order valence-corrected chi connectivity index (χ0v) is 20.0. The number of hydrogen-bond donors (Lipinski definition) is 3. The van der Waals surface area contributed by atoms with Crippen LogP contribution in [0, 0.1) is 34.6 Å². The van der Waals surface area contributed by atoms with Crippen LogP contribution in [-0.4, -0.2) is 15.3 Å². The van der Waals surface area contributed by atoms with Gasteiger partial charge in [-0.2, -0.15) is 0 Å². The Kier molecular flexibility index (Phi) is 6.12. The Hall–Kier alpha value is -4.12. The molecule has 0 unspecified atom stereocenters. The number of nitrogens with zero attached hydrogens (tertiary/aromatic N) is 1. The third-order valence-electron chi connectivity index (χ3n) is 5.89. The number of ether oxygens (including phenoxy) is 1. The molecule has 0 aliphatic rings. The minimum atomic E-state index is 0.153. The summed E-state index contributed by atoms with van der Waals surface area (Å²) in [5.41, 5.74) is 7.49. The van der Waals surface area contributed by atoms with Crippen molar-refractivity contribution >= 4 is 17.1 Å². The van der Waals surface area contributed by atoms with Crippen molar-refractivity contribution in [1.82, 2.24) is 0 Å². The molecule has 0 atom stereocenters. The predicted octanol–water partition coefficient (Wildman–Crippen LogP) is 7.61. The van der Waals surface area contributed by atoms with Gasteiger partial charge < -0.3 is 25.0 Å². The van der Waals surface area contributed by atoms with Crippen LogP contribution >= 0.6 is 0 Å². The molecule has 4 rings (SSSR count). The number of aromatic hydroxyl groups is 3. The van der Waals surface area contributed by atoms with Crippen molar-refractivity contribution in [1.29, 1.82) is 0 Å². The van der Waals surface area contributed by atoms with E-state index in [1.165, 1.54) is 0 Å². The van der Waals surface area contributed by atoms with Gasteiger partial charge in [0, 0.05) is 11.8 Å². The highest BCUT2D eigenvalue weighted by molar-refractivity contribution is 5.84. The van der Waals surface area contributed by atoms with Crippen LogP contribution in [0.25, 0.3) is 0 Å². The quantitative estimate of drug-likeness (QED) is 0.289. The zero-order valence-electron chi connectivity index (χ0n) is 20.0. The maximum absolute atomic E-state index is 10.1. The highest BCUT2D eigenvalue weighted by atomic mass is 16.5. The van der Waals surface area contributed by atoms with Crippen LogP contribution in [0.1, 0.15) is 27.8 Å². The van der Waals surface area contributed by atoms with E-state index in [1.54, 1.807) is 36.4 Å². The van der Waals surface area contributed by atoms with Crippen molar-refractivity contribution in [2.45, 2.75) is 34.6 Å². The molecule has 34 heavy (non-hydrogen) atoms. The van der Waals surface area contributed by atoms with Crippen molar-refractivity contribution in [3.63, 3.8) is 0 Å². The molecule has 0 heterocycles. The van der Waals surface area contributed by atoms with Crippen LogP contribution in [-0.2, 0) is 0 Å². The van der Waals surface area contributed by atoms with Gasteiger partial charge in [-0.1, -0.05) is 6.07 Å². The van der Waals surface area contributed by atoms with Crippen LogP contribution in [0.4, 0.5) is 17.1 Å². The molecule has 0 aliphatic heterocycles. The summed E-state index contributed by atoms with van der Waals surface area (Å²) in [5, 5.41) is 30.0. The highest BCUT2D eigenvalue weighted by Crippen LogP contribution is 2.44. The summed E-state index contributed by atoms with van der Waals surface area (Å²) in [6.45, 7) is 9.83. The molecule has 0 aliphatic carbocycles. The molecule has 0 radical (unpaired) electrons. The first-order valence-electron chi connectivity index (χ1n) is 11.1. The Morgan fingerprint density at radius 1 is 0.529 bits per heavy atom. The van der Waals surface area contributed by atoms with Crippen molar-refractivity contribution in [3.8, 4) is 28.7 Å². The highest BCUT2D eigenvalue weighted by Gasteiger charge is 2.21. The molecule has 0 bridgehead atoms. The van der Waals surface area contributed by atoms with E-state index in [0.29, 0.717) is 11.5 Å². The maximum atomic E-state index is 10.1. The summed E-state index contributed by atoms with van der Waals surface area (Å²) in [5.74, 6) is 1.85. The van der Waals surface area contributed by atoms with E-state index in [-0.39, 0.29) is 17.2 Å². The number of phenolic OH excluding ortho intramolecular Hbond substituents is 3. The Morgan fingerprint density at radius 2 is 1.00 bits per heavy atom. The summed E-state index contributed by atoms with van der Waals surface area (Å²) >= 11 is 0. The molecule has 0 aromatic heterocycles. The topological polar surface area (TPSA) is 73.2 Å². The van der Waals surface area contributed by atoms with Crippen LogP contribution in [0.15, 0.2) is 66.7 Å². The number of benzene rings is 4. The number of rotatable bonds is 5. The molecule has 3 N–H and O–H groups in total. The van der Waals surface area contributed by atoms with Gasteiger partial charge in [0.15, 0.2) is 0 Å². The zero-order chi connectivity index (χ0) is 24.6. The Balaban J connectivity index is 1.83. The number of phenols is 3. The molecular weight excluding hydrogens is 426 g/mol. The van der Waals surface area contributed by atoms with E-state index < -0.39 is 0 Å². The average Bonchev–Trinajstić information content (AvgIpc) is 2.74. The Morgan fingerprint density at radius 3 is 1.47 bits per heavy atom. The Labute approximate surface area is 200 Å². The second-order valence-corrected chi connectivity index (χ2v) is 8.74. The third-order valence-corrected chi connectivity index (χ3v) is 5.89. The van der Waals surface area contributed by atoms with E-state index in [2.05, 4.69) is 4.90 Å². The molecule has 174 valence electrons. The normalized spacial score (nSPS) is 10.9. The molecule has 4 aromatic carbocycles. The summed E-state index contributed by atoms with van der Waals surface area (Å²) < 4.78 is 6.02. The van der Waals surface area contributed by atoms with Crippen LogP contribution in [0.2, 0.25) is 0 Å². The number of hydrogen-bond acceptors (Lipinski definition) is 5. The van der Waals surface area contributed by atoms with Gasteiger partial charge in [0.25, 0.3) is 0 Å². The van der Waals surface area contributed by atoms with Gasteiger partial charge >= 0.3 is 0 Å². The van der Waals surface area contributed by atoms with Crippen molar-refractivity contribution < 1.29 is 20.1 Å². The molecule has 5 nitrogen and oxygen atoms in total. The SMILES string of the molecule is Cc1ccc(O)cc1Oc1ccc(N(c2c(C)cc(O)cc2C)c2c(C)cc(O)cc2C)cc1. The molecule has 0 amide bonds. The fourth-order valence-corrected chi connectivity index (χ4v) is 4.43. The van der Waals surface area contributed by atoms with Crippen LogP contribution in [0.5, 0.6) is 28.7 Å². The summed E-state index contributed by atoms with van der Waals surface area (Å²) in [7, 11) is 0. The van der Waals surface area contributed by atoms with E-state index in [0.717, 1.165) is 44.9 Å². The lowest BCUT2D eigenvalue weighted by Gasteiger charge is -2.31. The molecule has 4 aromatic rings. The van der Waals surface area contributed by atoms with E-state index in [1.807, 2.05) is 65.0 Å². The fourth-order valence-electron chi connectivity index (χ4n) is 4.43. The first kappa shape index (κ1) is 23.1. The molecule has 0 saturated carbocycles.